The van der Waals surface area contributed by atoms with Gasteiger partial charge in [0.1, 0.15) is 11.5 Å². The molecule has 34 heavy (non-hydrogen) atoms. The predicted octanol–water partition coefficient (Wildman–Crippen LogP) is 6.29. The van der Waals surface area contributed by atoms with E-state index in [0.29, 0.717) is 28.8 Å². The molecule has 0 spiro atoms. The molecular weight excluding hydrogens is 450 g/mol. The molecule has 0 radical (unpaired) electrons. The van der Waals surface area contributed by atoms with Crippen molar-refractivity contribution in [2.24, 2.45) is 0 Å². The molecule has 1 aliphatic rings. The van der Waals surface area contributed by atoms with E-state index < -0.39 is 0 Å². The van der Waals surface area contributed by atoms with Crippen molar-refractivity contribution in [2.75, 3.05) is 19.5 Å². The Morgan fingerprint density at radius 2 is 1.76 bits per heavy atom. The summed E-state index contributed by atoms with van der Waals surface area (Å²) < 4.78 is 13.0. The molecule has 5 rings (SSSR count). The first-order chi connectivity index (χ1) is 16.6. The van der Waals surface area contributed by atoms with Gasteiger partial charge < -0.3 is 24.3 Å². The van der Waals surface area contributed by atoms with Crippen LogP contribution in [0.15, 0.2) is 85.1 Å². The van der Waals surface area contributed by atoms with E-state index >= 15 is 0 Å². The normalized spacial score (nSPS) is 14.6. The summed E-state index contributed by atoms with van der Waals surface area (Å²) in [6.45, 7) is 0.420. The molecule has 0 bridgehead atoms. The van der Waals surface area contributed by atoms with Gasteiger partial charge in [-0.2, -0.15) is 0 Å². The summed E-state index contributed by atoms with van der Waals surface area (Å²) in [6, 6.07) is 24.5. The highest BCUT2D eigenvalue weighted by Gasteiger charge is 2.33. The Balaban J connectivity index is 1.62. The molecule has 172 valence electrons. The Morgan fingerprint density at radius 1 is 0.971 bits per heavy atom. The van der Waals surface area contributed by atoms with Gasteiger partial charge in [-0.05, 0) is 53.6 Å². The van der Waals surface area contributed by atoms with Gasteiger partial charge in [0, 0.05) is 23.0 Å². The molecule has 6 nitrogen and oxygen atoms in total. The van der Waals surface area contributed by atoms with Crippen molar-refractivity contribution in [3.63, 3.8) is 0 Å². The van der Waals surface area contributed by atoms with Crippen LogP contribution >= 0.6 is 11.6 Å². The first-order valence-electron chi connectivity index (χ1n) is 10.9. The number of amides is 2. The SMILES string of the molecule is COc1ccc(OC)c(NC(=O)N2Cc3ccccc3-n3cccc3[C@H]2c2ccc(Cl)cc2)c1. The quantitative estimate of drug-likeness (QED) is 0.379. The average molecular weight is 474 g/mol. The fraction of sp³-hybridized carbons (Fsp3) is 0.148. The van der Waals surface area contributed by atoms with Crippen molar-refractivity contribution in [3.8, 4) is 17.2 Å². The first kappa shape index (κ1) is 21.9. The summed E-state index contributed by atoms with van der Waals surface area (Å²) in [4.78, 5) is 15.7. The number of urea groups is 1. The summed E-state index contributed by atoms with van der Waals surface area (Å²) >= 11 is 6.18. The van der Waals surface area contributed by atoms with Crippen LogP contribution < -0.4 is 14.8 Å². The van der Waals surface area contributed by atoms with Gasteiger partial charge in [-0.25, -0.2) is 4.79 Å². The molecule has 1 atom stereocenters. The number of para-hydroxylation sites is 1. The van der Waals surface area contributed by atoms with Gasteiger partial charge in [-0.15, -0.1) is 0 Å². The molecule has 0 aliphatic carbocycles. The highest BCUT2D eigenvalue weighted by molar-refractivity contribution is 6.30. The van der Waals surface area contributed by atoms with Gasteiger partial charge in [0.05, 0.1) is 38.2 Å². The maximum atomic E-state index is 13.9. The van der Waals surface area contributed by atoms with Crippen molar-refractivity contribution in [2.45, 2.75) is 12.6 Å². The standard InChI is InChI=1S/C27H24ClN3O3/c1-33-21-13-14-25(34-2)22(16-21)29-27(32)31-17-19-6-3-4-7-23(19)30-15-5-8-24(30)26(31)18-9-11-20(28)12-10-18/h3-16,26H,17H2,1-2H3,(H,29,32)/t26-/m1/s1. The fourth-order valence-electron chi connectivity index (χ4n) is 4.43. The number of carbonyl (C=O) groups excluding carboxylic acids is 1. The van der Waals surface area contributed by atoms with Crippen LogP contribution in [0, 0.1) is 0 Å². The minimum absolute atomic E-state index is 0.254. The molecule has 1 aromatic heterocycles. The number of fused-ring (bicyclic) bond motifs is 3. The number of anilines is 1. The second-order valence-corrected chi connectivity index (χ2v) is 8.45. The lowest BCUT2D eigenvalue weighted by Crippen LogP contribution is -2.38. The molecule has 1 N–H and O–H groups in total. The zero-order valence-corrected chi connectivity index (χ0v) is 19.6. The molecular formula is C27H24ClN3O3. The average Bonchev–Trinajstić information content (AvgIpc) is 3.29. The maximum absolute atomic E-state index is 13.9. The molecule has 1 aliphatic heterocycles. The molecule has 0 saturated heterocycles. The van der Waals surface area contributed by atoms with E-state index in [-0.39, 0.29) is 12.1 Å². The third-order valence-corrected chi connectivity index (χ3v) is 6.31. The monoisotopic (exact) mass is 473 g/mol. The van der Waals surface area contributed by atoms with Crippen LogP contribution in [0.2, 0.25) is 5.02 Å². The minimum atomic E-state index is -0.337. The molecule has 7 heteroatoms. The molecule has 0 fully saturated rings. The minimum Gasteiger partial charge on any atom is -0.497 e. The molecule has 4 aromatic rings. The van der Waals surface area contributed by atoms with Crippen LogP contribution in [-0.4, -0.2) is 29.7 Å². The van der Waals surface area contributed by atoms with Crippen LogP contribution in [0.25, 0.3) is 5.69 Å². The van der Waals surface area contributed by atoms with E-state index in [1.807, 2.05) is 59.6 Å². The van der Waals surface area contributed by atoms with Gasteiger partial charge in [0.2, 0.25) is 0 Å². The summed E-state index contributed by atoms with van der Waals surface area (Å²) in [5.41, 5.74) is 4.58. The summed E-state index contributed by atoms with van der Waals surface area (Å²) in [7, 11) is 3.16. The lowest BCUT2D eigenvalue weighted by atomic mass is 10.0. The Morgan fingerprint density at radius 3 is 2.53 bits per heavy atom. The third-order valence-electron chi connectivity index (χ3n) is 6.06. The molecule has 0 unspecified atom stereocenters. The van der Waals surface area contributed by atoms with Crippen LogP contribution in [0.5, 0.6) is 11.5 Å². The maximum Gasteiger partial charge on any atom is 0.323 e. The topological polar surface area (TPSA) is 55.7 Å². The van der Waals surface area contributed by atoms with E-state index in [2.05, 4.69) is 22.0 Å². The van der Waals surface area contributed by atoms with Crippen molar-refractivity contribution in [3.05, 3.63) is 107 Å². The summed E-state index contributed by atoms with van der Waals surface area (Å²) in [6.07, 6.45) is 2.03. The number of ether oxygens (including phenoxy) is 2. The Kier molecular flexibility index (Phi) is 5.90. The summed E-state index contributed by atoms with van der Waals surface area (Å²) in [5, 5.41) is 3.69. The van der Waals surface area contributed by atoms with E-state index in [0.717, 1.165) is 22.5 Å². The Bertz CT molecular complexity index is 1330. The number of aromatic nitrogens is 1. The largest absolute Gasteiger partial charge is 0.497 e. The second kappa shape index (κ2) is 9.15. The van der Waals surface area contributed by atoms with Gasteiger partial charge in [-0.1, -0.05) is 41.9 Å². The smallest absolute Gasteiger partial charge is 0.323 e. The van der Waals surface area contributed by atoms with Gasteiger partial charge in [0.15, 0.2) is 0 Å². The third kappa shape index (κ3) is 3.97. The number of benzene rings is 3. The number of nitrogens with one attached hydrogen (secondary N) is 1. The van der Waals surface area contributed by atoms with Crippen molar-refractivity contribution in [1.82, 2.24) is 9.47 Å². The van der Waals surface area contributed by atoms with Crippen molar-refractivity contribution in [1.29, 1.82) is 0 Å². The van der Waals surface area contributed by atoms with Crippen molar-refractivity contribution >= 4 is 23.3 Å². The lowest BCUT2D eigenvalue weighted by Gasteiger charge is -2.31. The number of carbonyl (C=O) groups is 1. The molecule has 2 amide bonds. The first-order valence-corrected chi connectivity index (χ1v) is 11.3. The number of methoxy groups -OCH3 is 2. The highest BCUT2D eigenvalue weighted by Crippen LogP contribution is 2.38. The Labute approximate surface area is 203 Å². The predicted molar refractivity (Wildman–Crippen MR) is 133 cm³/mol. The van der Waals surface area contributed by atoms with Crippen molar-refractivity contribution < 1.29 is 14.3 Å². The Hall–Kier alpha value is -3.90. The molecule has 3 aromatic carbocycles. The molecule has 0 saturated carbocycles. The van der Waals surface area contributed by atoms with Gasteiger partial charge in [-0.3, -0.25) is 0 Å². The second-order valence-electron chi connectivity index (χ2n) is 8.01. The zero-order valence-electron chi connectivity index (χ0n) is 18.9. The van der Waals surface area contributed by atoms with Crippen LogP contribution in [-0.2, 0) is 6.54 Å². The van der Waals surface area contributed by atoms with Gasteiger partial charge in [0.25, 0.3) is 0 Å². The number of hydrogen-bond acceptors (Lipinski definition) is 3. The van der Waals surface area contributed by atoms with E-state index in [9.17, 15) is 4.79 Å². The highest BCUT2D eigenvalue weighted by atomic mass is 35.5. The number of rotatable bonds is 4. The lowest BCUT2D eigenvalue weighted by molar-refractivity contribution is 0.194. The van der Waals surface area contributed by atoms with E-state index in [1.54, 1.807) is 32.4 Å². The fourth-order valence-corrected chi connectivity index (χ4v) is 4.56. The zero-order chi connectivity index (χ0) is 23.7. The van der Waals surface area contributed by atoms with Crippen LogP contribution in [0.3, 0.4) is 0 Å². The van der Waals surface area contributed by atoms with E-state index in [1.165, 1.54) is 0 Å². The number of hydrogen-bond donors (Lipinski definition) is 1. The molecule has 2 heterocycles. The van der Waals surface area contributed by atoms with Crippen LogP contribution in [0.4, 0.5) is 10.5 Å². The van der Waals surface area contributed by atoms with Crippen LogP contribution in [0.1, 0.15) is 22.9 Å². The summed E-state index contributed by atoms with van der Waals surface area (Å²) in [5.74, 6) is 1.18. The van der Waals surface area contributed by atoms with E-state index in [4.69, 9.17) is 21.1 Å². The number of nitrogens with zero attached hydrogens (tertiary/aromatic N) is 2. The van der Waals surface area contributed by atoms with Gasteiger partial charge >= 0.3 is 6.03 Å². The number of halogens is 1.